The molecule has 0 heterocycles. The van der Waals surface area contributed by atoms with Crippen LogP contribution < -0.4 is 0 Å². The van der Waals surface area contributed by atoms with Gasteiger partial charge in [0.25, 0.3) is 0 Å². The van der Waals surface area contributed by atoms with Crippen LogP contribution in [0.1, 0.15) is 225 Å². The molecule has 2 radical (unpaired) electrons. The van der Waals surface area contributed by atoms with E-state index in [4.69, 9.17) is 20.0 Å². The van der Waals surface area contributed by atoms with Gasteiger partial charge in [-0.05, 0) is 262 Å². The van der Waals surface area contributed by atoms with Gasteiger partial charge in [-0.15, -0.1) is 0 Å². The van der Waals surface area contributed by atoms with E-state index in [0.717, 1.165) is 127 Å². The molecule has 0 unspecified atom stereocenters. The Morgan fingerprint density at radius 2 is 0.529 bits per heavy atom. The summed E-state index contributed by atoms with van der Waals surface area (Å²) in [5.41, 5.74) is 16.3. The molecule has 8 aliphatic rings. The average Bonchev–Trinajstić information content (AvgIpc) is 0.758. The van der Waals surface area contributed by atoms with Gasteiger partial charge in [0, 0.05) is 93.5 Å². The molecule has 4 N–H and O–H groups in total. The minimum absolute atomic E-state index is 0. The summed E-state index contributed by atoms with van der Waals surface area (Å²) in [7, 11) is 0. The molecular formula is C94H114Co2N4O4-2. The number of benzene rings is 8. The Kier molecular flexibility index (Phi) is 25.8. The number of aromatic hydroxyl groups is 4. The third kappa shape index (κ3) is 18.7. The van der Waals surface area contributed by atoms with Gasteiger partial charge < -0.3 is 35.3 Å². The van der Waals surface area contributed by atoms with E-state index in [2.05, 4.69) is 144 Å². The molecule has 0 atom stereocenters. The fraction of sp³-hybridized carbons (Fsp3) is 0.426. The molecule has 8 saturated carbocycles. The summed E-state index contributed by atoms with van der Waals surface area (Å²) in [5, 5.41) is 46.3. The number of phenolic OH excluding ortho intramolecular Hbond substituents is 4. The van der Waals surface area contributed by atoms with E-state index in [0.29, 0.717) is 58.7 Å². The molecule has 16 rings (SSSR count). The van der Waals surface area contributed by atoms with Gasteiger partial charge in [-0.1, -0.05) is 192 Å². The summed E-state index contributed by atoms with van der Waals surface area (Å²) in [6.07, 6.45) is 24.4. The Morgan fingerprint density at radius 1 is 0.308 bits per heavy atom. The zero-order valence-electron chi connectivity index (χ0n) is 64.2. The minimum atomic E-state index is -0.104. The van der Waals surface area contributed by atoms with Gasteiger partial charge in [0.15, 0.2) is 0 Å². The van der Waals surface area contributed by atoms with E-state index in [1.165, 1.54) is 75.3 Å². The number of para-hydroxylation sites is 4. The molecule has 0 aromatic heterocycles. The molecule has 0 saturated heterocycles. The van der Waals surface area contributed by atoms with Gasteiger partial charge in [-0.2, -0.15) is 0 Å². The van der Waals surface area contributed by atoms with Crippen LogP contribution >= 0.6 is 0 Å². The second kappa shape index (κ2) is 33.2. The van der Waals surface area contributed by atoms with Gasteiger partial charge >= 0.3 is 0 Å². The third-order valence-corrected chi connectivity index (χ3v) is 23.7. The van der Waals surface area contributed by atoms with Crippen molar-refractivity contribution in [1.82, 2.24) is 0 Å². The number of hydrogen-bond donors (Lipinski definition) is 4. The Balaban J connectivity index is 0.000000235. The van der Waals surface area contributed by atoms with Crippen LogP contribution in [0.25, 0.3) is 0 Å². The Bertz CT molecular complexity index is 4050. The predicted octanol–water partition coefficient (Wildman–Crippen LogP) is 23.7. The molecule has 0 amide bonds. The minimum Gasteiger partial charge on any atom is -0.507 e. The molecule has 10 heteroatoms. The van der Waals surface area contributed by atoms with Crippen LogP contribution in [0.2, 0.25) is 0 Å². The third-order valence-electron chi connectivity index (χ3n) is 23.7. The van der Waals surface area contributed by atoms with Crippen molar-refractivity contribution in [2.24, 2.45) is 79.1 Å². The van der Waals surface area contributed by atoms with Gasteiger partial charge in [-0.25, -0.2) is 0 Å². The van der Waals surface area contributed by atoms with Crippen molar-refractivity contribution in [3.63, 3.8) is 0 Å². The fourth-order valence-electron chi connectivity index (χ4n) is 18.4. The first-order valence-electron chi connectivity index (χ1n) is 37.5. The number of phenols is 4. The standard InChI is InChI=1S/C50H64N2O2.C42H44N2O2.2CH3.2Co/c1-49(2,3)41-21-37(25-43-33-13-29-11-30(15-33)16-34(43)14-29)47(53)39(23-41)27-51-45-9-7-8-10-46(45)52-28-40-24-42(50(4,5)6)22-38(48(40)54)26-44-35-17-31-12-32(19-35)20-36(44)18-31;1-41(2,3)35-23-31(21-29-15-9-7-10-16-29)39(45)33(25-35)27-43-37-19-13-14-20-38(37)44-28-34-26-36(42(4,5)6)24-32(40(34)46)22-30-17-11-8-12-18-30;;;;/h7-10,21-24,27-36,43-44,53-54H,11-20,25-26H2,1-6H3;7-20,23-28,45-46H,21-22H2,1-6H3;2*1H3;;/q;;2*-1;;. The first-order chi connectivity index (χ1) is 47.6. The van der Waals surface area contributed by atoms with E-state index in [1.54, 1.807) is 12.4 Å². The van der Waals surface area contributed by atoms with E-state index >= 15 is 0 Å². The quantitative estimate of drug-likeness (QED) is 0.0567. The van der Waals surface area contributed by atoms with Crippen LogP contribution in [0.5, 0.6) is 23.0 Å². The molecule has 8 aromatic rings. The topological polar surface area (TPSA) is 130 Å². The molecule has 0 aliphatic heterocycles. The first-order valence-corrected chi connectivity index (χ1v) is 37.5. The van der Waals surface area contributed by atoms with Crippen molar-refractivity contribution in [1.29, 1.82) is 0 Å². The SMILES string of the molecule is CC(C)(C)c1cc(C=Nc2ccccc2N=Cc2cc(C(C)(C)C)cc(CC3C4CC5CC(C4)CC3C5)c2O)c(O)c(CC2C3CC4CC(C3)CC2C4)c1.CC(C)(C)c1cc(C=Nc2ccccc2N=Cc2cc(C(C)(C)C)cc(Cc3ccccc3)c2O)c(O)c(Cc2ccccc2)c1.[CH3-].[CH3-].[Co].[Co]. The Labute approximate surface area is 644 Å². The summed E-state index contributed by atoms with van der Waals surface area (Å²) in [4.78, 5) is 19.6. The predicted molar refractivity (Wildman–Crippen MR) is 429 cm³/mol. The normalized spacial score (nSPS) is 22.5. The molecule has 554 valence electrons. The summed E-state index contributed by atoms with van der Waals surface area (Å²) in [5.74, 6) is 9.66. The van der Waals surface area contributed by atoms with E-state index in [9.17, 15) is 20.4 Å². The second-order valence-electron chi connectivity index (χ2n) is 35.2. The van der Waals surface area contributed by atoms with Crippen molar-refractivity contribution in [3.05, 3.63) is 250 Å². The molecule has 104 heavy (non-hydrogen) atoms. The Hall–Kier alpha value is -7.35. The van der Waals surface area contributed by atoms with Crippen LogP contribution in [0.15, 0.2) is 178 Å². The van der Waals surface area contributed by atoms with Crippen LogP contribution in [-0.4, -0.2) is 45.3 Å². The number of rotatable bonds is 16. The first kappa shape index (κ1) is 80.7. The van der Waals surface area contributed by atoms with Gasteiger partial charge in [0.05, 0.1) is 22.7 Å². The fourth-order valence-corrected chi connectivity index (χ4v) is 18.4. The van der Waals surface area contributed by atoms with Crippen molar-refractivity contribution in [2.45, 2.75) is 195 Å². The van der Waals surface area contributed by atoms with Crippen LogP contribution in [0.4, 0.5) is 22.7 Å². The van der Waals surface area contributed by atoms with Gasteiger partial charge in [0.2, 0.25) is 0 Å². The number of nitrogens with zero attached hydrogens (tertiary/aromatic N) is 4. The van der Waals surface area contributed by atoms with Crippen molar-refractivity contribution >= 4 is 47.6 Å². The van der Waals surface area contributed by atoms with Crippen LogP contribution in [0.3, 0.4) is 0 Å². The molecular weight excluding hydrogens is 1370 g/mol. The monoisotopic (exact) mass is 1480 g/mol. The second-order valence-corrected chi connectivity index (χ2v) is 35.2. The van der Waals surface area contributed by atoms with Gasteiger partial charge in [-0.3, -0.25) is 20.0 Å². The molecule has 8 nitrogen and oxygen atoms in total. The molecule has 8 bridgehead atoms. The van der Waals surface area contributed by atoms with E-state index in [-0.39, 0.29) is 81.6 Å². The van der Waals surface area contributed by atoms with Crippen molar-refractivity contribution in [2.75, 3.05) is 0 Å². The van der Waals surface area contributed by atoms with Crippen LogP contribution in [-0.2, 0) is 80.9 Å². The average molecular weight is 1480 g/mol. The van der Waals surface area contributed by atoms with Crippen LogP contribution in [0, 0.1) is 74.0 Å². The van der Waals surface area contributed by atoms with Gasteiger partial charge in [0.1, 0.15) is 23.0 Å². The smallest absolute Gasteiger partial charge is 0.127 e. The van der Waals surface area contributed by atoms with Crippen molar-refractivity contribution in [3.8, 4) is 23.0 Å². The zero-order valence-corrected chi connectivity index (χ0v) is 66.3. The summed E-state index contributed by atoms with van der Waals surface area (Å²) in [6, 6.07) is 53.1. The van der Waals surface area contributed by atoms with E-state index in [1.807, 2.05) is 109 Å². The summed E-state index contributed by atoms with van der Waals surface area (Å²) < 4.78 is 0. The summed E-state index contributed by atoms with van der Waals surface area (Å²) in [6.45, 7) is 26.6. The number of aliphatic imine (C=N–C) groups is 4. The zero-order chi connectivity index (χ0) is 70.4. The Morgan fingerprint density at radius 3 is 0.769 bits per heavy atom. The molecule has 8 aromatic carbocycles. The molecule has 8 fully saturated rings. The maximum atomic E-state index is 11.8. The van der Waals surface area contributed by atoms with Crippen molar-refractivity contribution < 1.29 is 54.0 Å². The molecule has 8 aliphatic carbocycles. The number of hydrogen-bond acceptors (Lipinski definition) is 8. The maximum absolute atomic E-state index is 11.8. The summed E-state index contributed by atoms with van der Waals surface area (Å²) >= 11 is 0. The largest absolute Gasteiger partial charge is 0.507 e. The molecule has 0 spiro atoms. The van der Waals surface area contributed by atoms with E-state index < -0.39 is 0 Å². The maximum Gasteiger partial charge on any atom is 0.127 e.